The standard InChI is InChI=1S/C21H29N5O2S/c27-20(22-7-4-8-24-13-15-28-16-14-24)19-17-29-21(23-19)26-11-9-25(10-12-26)18-5-2-1-3-6-18/h1-3,5-6,17H,4,7-16H2,(H,22,27). The molecule has 2 fully saturated rings. The second-order valence-electron chi connectivity index (χ2n) is 7.39. The zero-order valence-corrected chi connectivity index (χ0v) is 17.6. The van der Waals surface area contributed by atoms with Gasteiger partial charge in [-0.25, -0.2) is 4.98 Å². The summed E-state index contributed by atoms with van der Waals surface area (Å²) in [6.07, 6.45) is 0.949. The molecule has 1 aromatic heterocycles. The molecule has 0 unspecified atom stereocenters. The van der Waals surface area contributed by atoms with Gasteiger partial charge in [0.1, 0.15) is 5.69 Å². The van der Waals surface area contributed by atoms with E-state index in [-0.39, 0.29) is 5.91 Å². The molecule has 0 atom stereocenters. The van der Waals surface area contributed by atoms with E-state index in [9.17, 15) is 4.79 Å². The summed E-state index contributed by atoms with van der Waals surface area (Å²) in [6.45, 7) is 9.05. The number of hydrogen-bond donors (Lipinski definition) is 1. The molecule has 1 N–H and O–H groups in total. The Morgan fingerprint density at radius 1 is 1.03 bits per heavy atom. The third-order valence-corrected chi connectivity index (χ3v) is 6.34. The van der Waals surface area contributed by atoms with E-state index in [2.05, 4.69) is 49.3 Å². The van der Waals surface area contributed by atoms with Crippen molar-refractivity contribution in [3.63, 3.8) is 0 Å². The van der Waals surface area contributed by atoms with Gasteiger partial charge in [0.05, 0.1) is 13.2 Å². The maximum absolute atomic E-state index is 12.4. The molecule has 4 rings (SSSR count). The van der Waals surface area contributed by atoms with Crippen LogP contribution in [0.15, 0.2) is 35.7 Å². The molecular weight excluding hydrogens is 386 g/mol. The van der Waals surface area contributed by atoms with Gasteiger partial charge in [-0.05, 0) is 25.1 Å². The van der Waals surface area contributed by atoms with E-state index >= 15 is 0 Å². The number of nitrogens with one attached hydrogen (secondary N) is 1. The van der Waals surface area contributed by atoms with Gasteiger partial charge in [0.15, 0.2) is 5.13 Å². The van der Waals surface area contributed by atoms with Crippen molar-refractivity contribution < 1.29 is 9.53 Å². The Bertz CT molecular complexity index is 770. The Labute approximate surface area is 176 Å². The maximum atomic E-state index is 12.4. The van der Waals surface area contributed by atoms with Gasteiger partial charge in [-0.1, -0.05) is 18.2 Å². The molecule has 156 valence electrons. The van der Waals surface area contributed by atoms with Gasteiger partial charge in [-0.3, -0.25) is 9.69 Å². The quantitative estimate of drug-likeness (QED) is 0.698. The molecule has 7 nitrogen and oxygen atoms in total. The van der Waals surface area contributed by atoms with Crippen molar-refractivity contribution in [3.8, 4) is 0 Å². The fraction of sp³-hybridized carbons (Fsp3) is 0.524. The van der Waals surface area contributed by atoms with E-state index in [0.29, 0.717) is 12.2 Å². The lowest BCUT2D eigenvalue weighted by Gasteiger charge is -2.35. The first kappa shape index (κ1) is 20.1. The largest absolute Gasteiger partial charge is 0.379 e. The lowest BCUT2D eigenvalue weighted by atomic mass is 10.2. The fourth-order valence-corrected chi connectivity index (χ4v) is 4.59. The van der Waals surface area contributed by atoms with Gasteiger partial charge in [0.25, 0.3) is 5.91 Å². The van der Waals surface area contributed by atoms with Crippen LogP contribution in [-0.2, 0) is 4.74 Å². The molecule has 2 aliphatic rings. The SMILES string of the molecule is O=C(NCCCN1CCOCC1)c1csc(N2CCN(c3ccccc3)CC2)n1. The number of piperazine rings is 1. The number of ether oxygens (including phenoxy) is 1. The van der Waals surface area contributed by atoms with Crippen molar-refractivity contribution in [3.05, 3.63) is 41.4 Å². The van der Waals surface area contributed by atoms with Crippen LogP contribution in [0.4, 0.5) is 10.8 Å². The number of thiazole rings is 1. The van der Waals surface area contributed by atoms with E-state index in [1.807, 2.05) is 11.4 Å². The number of carbonyl (C=O) groups excluding carboxylic acids is 1. The molecule has 0 radical (unpaired) electrons. The maximum Gasteiger partial charge on any atom is 0.270 e. The summed E-state index contributed by atoms with van der Waals surface area (Å²) in [5.41, 5.74) is 1.80. The Hall–Kier alpha value is -2.16. The van der Waals surface area contributed by atoms with E-state index in [4.69, 9.17) is 4.74 Å². The summed E-state index contributed by atoms with van der Waals surface area (Å²) >= 11 is 1.56. The number of anilines is 2. The van der Waals surface area contributed by atoms with E-state index in [1.165, 1.54) is 5.69 Å². The average molecular weight is 416 g/mol. The van der Waals surface area contributed by atoms with Gasteiger partial charge in [-0.2, -0.15) is 0 Å². The number of morpholine rings is 1. The van der Waals surface area contributed by atoms with Crippen LogP contribution in [0, 0.1) is 0 Å². The highest BCUT2D eigenvalue weighted by Crippen LogP contribution is 2.23. The van der Waals surface area contributed by atoms with Crippen LogP contribution in [0.5, 0.6) is 0 Å². The lowest BCUT2D eigenvalue weighted by molar-refractivity contribution is 0.0374. The van der Waals surface area contributed by atoms with Crippen LogP contribution in [-0.4, -0.2) is 81.4 Å². The molecule has 1 amide bonds. The summed E-state index contributed by atoms with van der Waals surface area (Å²) in [7, 11) is 0. The van der Waals surface area contributed by atoms with Gasteiger partial charge in [-0.15, -0.1) is 11.3 Å². The molecular formula is C21H29N5O2S. The minimum Gasteiger partial charge on any atom is -0.379 e. The number of para-hydroxylation sites is 1. The first-order valence-corrected chi connectivity index (χ1v) is 11.3. The predicted molar refractivity (Wildman–Crippen MR) is 117 cm³/mol. The number of benzene rings is 1. The summed E-state index contributed by atoms with van der Waals surface area (Å²) < 4.78 is 5.36. The minimum absolute atomic E-state index is 0.0719. The third kappa shape index (κ3) is 5.46. The zero-order chi connectivity index (χ0) is 19.9. The summed E-state index contributed by atoms with van der Waals surface area (Å²) in [4.78, 5) is 24.0. The Balaban J connectivity index is 1.20. The van der Waals surface area contributed by atoms with Crippen LogP contribution >= 0.6 is 11.3 Å². The molecule has 0 saturated carbocycles. The molecule has 3 heterocycles. The third-order valence-electron chi connectivity index (χ3n) is 5.44. The van der Waals surface area contributed by atoms with Gasteiger partial charge in [0, 0.05) is 56.9 Å². The number of carbonyl (C=O) groups is 1. The first-order chi connectivity index (χ1) is 14.3. The van der Waals surface area contributed by atoms with Gasteiger partial charge < -0.3 is 19.9 Å². The van der Waals surface area contributed by atoms with Crippen LogP contribution in [0.1, 0.15) is 16.9 Å². The topological polar surface area (TPSA) is 60.9 Å². The highest BCUT2D eigenvalue weighted by atomic mass is 32.1. The fourth-order valence-electron chi connectivity index (χ4n) is 3.73. The molecule has 0 spiro atoms. The zero-order valence-electron chi connectivity index (χ0n) is 16.8. The molecule has 1 aromatic carbocycles. The Morgan fingerprint density at radius 2 is 1.76 bits per heavy atom. The predicted octanol–water partition coefficient (Wildman–Crippen LogP) is 1.92. The Kier molecular flexibility index (Phi) is 6.97. The highest BCUT2D eigenvalue weighted by molar-refractivity contribution is 7.13. The number of hydrogen-bond acceptors (Lipinski definition) is 7. The number of aromatic nitrogens is 1. The van der Waals surface area contributed by atoms with Crippen molar-refractivity contribution in [1.29, 1.82) is 0 Å². The van der Waals surface area contributed by atoms with E-state index < -0.39 is 0 Å². The van der Waals surface area contributed by atoms with Crippen molar-refractivity contribution in [2.75, 3.05) is 75.4 Å². The molecule has 0 bridgehead atoms. The first-order valence-electron chi connectivity index (χ1n) is 10.4. The van der Waals surface area contributed by atoms with E-state index in [0.717, 1.165) is 70.6 Å². The second-order valence-corrected chi connectivity index (χ2v) is 8.22. The smallest absolute Gasteiger partial charge is 0.270 e. The van der Waals surface area contributed by atoms with Crippen LogP contribution in [0.2, 0.25) is 0 Å². The van der Waals surface area contributed by atoms with Crippen LogP contribution in [0.3, 0.4) is 0 Å². The monoisotopic (exact) mass is 415 g/mol. The number of amides is 1. The van der Waals surface area contributed by atoms with E-state index in [1.54, 1.807) is 11.3 Å². The van der Waals surface area contributed by atoms with Crippen LogP contribution < -0.4 is 15.1 Å². The molecule has 2 saturated heterocycles. The molecule has 2 aromatic rings. The number of nitrogens with zero attached hydrogens (tertiary/aromatic N) is 4. The summed E-state index contributed by atoms with van der Waals surface area (Å²) in [6, 6.07) is 10.5. The average Bonchev–Trinajstić information content (AvgIpc) is 3.29. The summed E-state index contributed by atoms with van der Waals surface area (Å²) in [5.74, 6) is -0.0719. The molecule has 0 aliphatic carbocycles. The Morgan fingerprint density at radius 3 is 2.52 bits per heavy atom. The lowest BCUT2D eigenvalue weighted by Crippen LogP contribution is -2.46. The number of rotatable bonds is 7. The van der Waals surface area contributed by atoms with Crippen molar-refractivity contribution >= 4 is 28.1 Å². The van der Waals surface area contributed by atoms with Crippen molar-refractivity contribution in [1.82, 2.24) is 15.2 Å². The van der Waals surface area contributed by atoms with Gasteiger partial charge >= 0.3 is 0 Å². The normalized spacial score (nSPS) is 18.1. The summed E-state index contributed by atoms with van der Waals surface area (Å²) in [5, 5.41) is 5.82. The second kappa shape index (κ2) is 10.0. The van der Waals surface area contributed by atoms with Crippen LogP contribution in [0.25, 0.3) is 0 Å². The van der Waals surface area contributed by atoms with Crippen molar-refractivity contribution in [2.45, 2.75) is 6.42 Å². The molecule has 2 aliphatic heterocycles. The van der Waals surface area contributed by atoms with Crippen molar-refractivity contribution in [2.24, 2.45) is 0 Å². The van der Waals surface area contributed by atoms with Gasteiger partial charge in [0.2, 0.25) is 0 Å². The molecule has 8 heteroatoms. The molecule has 29 heavy (non-hydrogen) atoms. The highest BCUT2D eigenvalue weighted by Gasteiger charge is 2.21. The minimum atomic E-state index is -0.0719.